The largest absolute Gasteiger partial charge is 0.390 e. The fraction of sp³-hybridized carbons (Fsp3) is 0.652. The molecular formula is C23H31N3O2. The average molecular weight is 382 g/mol. The highest BCUT2D eigenvalue weighted by atomic mass is 16.3. The van der Waals surface area contributed by atoms with Crippen molar-refractivity contribution >= 4 is 16.8 Å². The second-order valence-corrected chi connectivity index (χ2v) is 9.50. The van der Waals surface area contributed by atoms with Gasteiger partial charge in [0.25, 0.3) is 0 Å². The second kappa shape index (κ2) is 6.87. The number of aromatic amines is 1. The maximum Gasteiger partial charge on any atom is 0.222 e. The van der Waals surface area contributed by atoms with Crippen molar-refractivity contribution in [1.82, 2.24) is 15.1 Å². The molecule has 1 aromatic heterocycles. The zero-order valence-electron chi connectivity index (χ0n) is 16.8. The number of nitrogens with one attached hydrogen (secondary N) is 1. The van der Waals surface area contributed by atoms with E-state index in [1.165, 1.54) is 30.2 Å². The van der Waals surface area contributed by atoms with E-state index < -0.39 is 5.60 Å². The number of nitrogens with zero attached hydrogens (tertiary/aromatic N) is 2. The van der Waals surface area contributed by atoms with Crippen LogP contribution >= 0.6 is 0 Å². The SMILES string of the molecule is CN(C(=O)CCc1[nH]nc2cccc(C3CC3)c12)C1CC2CCCC(O)(C2)C1. The Kier molecular flexibility index (Phi) is 4.46. The molecule has 3 fully saturated rings. The maximum atomic E-state index is 12.9. The predicted octanol–water partition coefficient (Wildman–Crippen LogP) is 3.92. The summed E-state index contributed by atoms with van der Waals surface area (Å²) in [6.45, 7) is 0. The lowest BCUT2D eigenvalue weighted by molar-refractivity contribution is -0.137. The number of carbonyl (C=O) groups excluding carboxylic acids is 1. The number of carbonyl (C=O) groups is 1. The highest BCUT2D eigenvalue weighted by Gasteiger charge is 2.43. The summed E-state index contributed by atoms with van der Waals surface area (Å²) in [5.41, 5.74) is 2.96. The number of H-pyrrole nitrogens is 1. The number of hydrogen-bond donors (Lipinski definition) is 2. The molecule has 1 aromatic carbocycles. The average Bonchev–Trinajstić information content (AvgIpc) is 3.44. The van der Waals surface area contributed by atoms with Crippen LogP contribution in [-0.4, -0.2) is 44.8 Å². The predicted molar refractivity (Wildman–Crippen MR) is 109 cm³/mol. The van der Waals surface area contributed by atoms with Crippen molar-refractivity contribution in [1.29, 1.82) is 0 Å². The Morgan fingerprint density at radius 3 is 2.96 bits per heavy atom. The Morgan fingerprint density at radius 2 is 2.18 bits per heavy atom. The van der Waals surface area contributed by atoms with Gasteiger partial charge in [0.1, 0.15) is 0 Å². The first-order chi connectivity index (χ1) is 13.5. The van der Waals surface area contributed by atoms with Crippen LogP contribution in [0.5, 0.6) is 0 Å². The molecular weight excluding hydrogens is 350 g/mol. The standard InChI is InChI=1S/C23H31N3O2/c1-26(17-12-15-4-3-11-23(28,13-15)14-17)21(27)10-9-20-22-18(16-7-8-16)5-2-6-19(22)24-25-20/h2,5-6,15-17,28H,3-4,7-14H2,1H3,(H,24,25). The summed E-state index contributed by atoms with van der Waals surface area (Å²) in [5.74, 6) is 1.42. The molecule has 0 saturated heterocycles. The number of aromatic nitrogens is 2. The number of benzene rings is 1. The van der Waals surface area contributed by atoms with Crippen molar-refractivity contribution in [2.75, 3.05) is 7.05 Å². The highest BCUT2D eigenvalue weighted by Crippen LogP contribution is 2.45. The van der Waals surface area contributed by atoms with Gasteiger partial charge in [-0.25, -0.2) is 0 Å². The zero-order valence-corrected chi connectivity index (χ0v) is 16.8. The van der Waals surface area contributed by atoms with Gasteiger partial charge in [-0.3, -0.25) is 9.89 Å². The Labute approximate surface area is 166 Å². The molecule has 2 aromatic rings. The number of fused-ring (bicyclic) bond motifs is 3. The molecule has 2 N–H and O–H groups in total. The van der Waals surface area contributed by atoms with Crippen LogP contribution in [0.2, 0.25) is 0 Å². The molecule has 3 unspecified atom stereocenters. The fourth-order valence-electron chi connectivity index (χ4n) is 5.74. The Hall–Kier alpha value is -1.88. The van der Waals surface area contributed by atoms with Gasteiger partial charge in [-0.15, -0.1) is 0 Å². The second-order valence-electron chi connectivity index (χ2n) is 9.50. The van der Waals surface area contributed by atoms with Crippen LogP contribution in [-0.2, 0) is 11.2 Å². The van der Waals surface area contributed by atoms with Crippen LogP contribution in [0.1, 0.15) is 75.0 Å². The quantitative estimate of drug-likeness (QED) is 0.825. The number of amides is 1. The topological polar surface area (TPSA) is 69.2 Å². The minimum atomic E-state index is -0.543. The molecule has 0 spiro atoms. The van der Waals surface area contributed by atoms with Crippen LogP contribution < -0.4 is 0 Å². The van der Waals surface area contributed by atoms with E-state index in [4.69, 9.17) is 0 Å². The summed E-state index contributed by atoms with van der Waals surface area (Å²) in [6, 6.07) is 6.53. The van der Waals surface area contributed by atoms with Crippen LogP contribution in [0.3, 0.4) is 0 Å². The summed E-state index contributed by atoms with van der Waals surface area (Å²) in [5, 5.41) is 19.7. The van der Waals surface area contributed by atoms with E-state index in [-0.39, 0.29) is 11.9 Å². The normalized spacial score (nSPS) is 29.8. The van der Waals surface area contributed by atoms with Gasteiger partial charge in [0.2, 0.25) is 5.91 Å². The maximum absolute atomic E-state index is 12.9. The molecule has 3 atom stereocenters. The first-order valence-electron chi connectivity index (χ1n) is 11.0. The molecule has 5 heteroatoms. The van der Waals surface area contributed by atoms with E-state index in [2.05, 4.69) is 28.4 Å². The van der Waals surface area contributed by atoms with Crippen molar-refractivity contribution in [2.45, 2.75) is 81.8 Å². The summed E-state index contributed by atoms with van der Waals surface area (Å²) in [6.07, 6.45) is 9.65. The van der Waals surface area contributed by atoms with Gasteiger partial charge in [-0.2, -0.15) is 5.10 Å². The summed E-state index contributed by atoms with van der Waals surface area (Å²) < 4.78 is 0. The molecule has 150 valence electrons. The van der Waals surface area contributed by atoms with Gasteiger partial charge in [0, 0.05) is 30.6 Å². The first-order valence-corrected chi connectivity index (χ1v) is 11.0. The monoisotopic (exact) mass is 381 g/mol. The third kappa shape index (κ3) is 3.34. The van der Waals surface area contributed by atoms with E-state index in [0.717, 1.165) is 43.3 Å². The molecule has 3 saturated carbocycles. The van der Waals surface area contributed by atoms with Crippen LogP contribution in [0.25, 0.3) is 10.9 Å². The van der Waals surface area contributed by atoms with Crippen molar-refractivity contribution in [3.8, 4) is 0 Å². The third-order valence-electron chi connectivity index (χ3n) is 7.38. The van der Waals surface area contributed by atoms with Gasteiger partial charge in [0.05, 0.1) is 11.1 Å². The van der Waals surface area contributed by atoms with E-state index >= 15 is 0 Å². The van der Waals surface area contributed by atoms with Gasteiger partial charge in [-0.1, -0.05) is 25.0 Å². The van der Waals surface area contributed by atoms with Gasteiger partial charge < -0.3 is 10.0 Å². The van der Waals surface area contributed by atoms with Crippen LogP contribution in [0.15, 0.2) is 18.2 Å². The molecule has 5 rings (SSSR count). The molecule has 3 aliphatic rings. The van der Waals surface area contributed by atoms with E-state index in [9.17, 15) is 9.90 Å². The smallest absolute Gasteiger partial charge is 0.222 e. The minimum Gasteiger partial charge on any atom is -0.390 e. The Bertz CT molecular complexity index is 887. The van der Waals surface area contributed by atoms with Crippen molar-refractivity contribution in [3.05, 3.63) is 29.5 Å². The number of rotatable bonds is 5. The van der Waals surface area contributed by atoms with E-state index in [0.29, 0.717) is 24.7 Å². The summed E-state index contributed by atoms with van der Waals surface area (Å²) in [7, 11) is 1.93. The van der Waals surface area contributed by atoms with Crippen molar-refractivity contribution < 1.29 is 9.90 Å². The van der Waals surface area contributed by atoms with Crippen molar-refractivity contribution in [3.63, 3.8) is 0 Å². The molecule has 3 aliphatic carbocycles. The van der Waals surface area contributed by atoms with E-state index in [1.807, 2.05) is 11.9 Å². The van der Waals surface area contributed by atoms with Crippen LogP contribution in [0.4, 0.5) is 0 Å². The Morgan fingerprint density at radius 1 is 1.32 bits per heavy atom. The van der Waals surface area contributed by atoms with Crippen LogP contribution in [0, 0.1) is 5.92 Å². The Balaban J connectivity index is 1.27. The highest BCUT2D eigenvalue weighted by molar-refractivity contribution is 5.86. The molecule has 1 heterocycles. The third-order valence-corrected chi connectivity index (χ3v) is 7.38. The van der Waals surface area contributed by atoms with Gasteiger partial charge in [0.15, 0.2) is 0 Å². The lowest BCUT2D eigenvalue weighted by Crippen LogP contribution is -2.50. The summed E-state index contributed by atoms with van der Waals surface area (Å²) in [4.78, 5) is 14.9. The molecule has 0 radical (unpaired) electrons. The lowest BCUT2D eigenvalue weighted by atomic mass is 9.67. The van der Waals surface area contributed by atoms with Gasteiger partial charge >= 0.3 is 0 Å². The molecule has 2 bridgehead atoms. The van der Waals surface area contributed by atoms with Gasteiger partial charge in [-0.05, 0) is 68.4 Å². The zero-order chi connectivity index (χ0) is 19.3. The minimum absolute atomic E-state index is 0.178. The summed E-state index contributed by atoms with van der Waals surface area (Å²) >= 11 is 0. The number of aliphatic hydroxyl groups is 1. The molecule has 5 nitrogen and oxygen atoms in total. The number of aryl methyl sites for hydroxylation is 1. The van der Waals surface area contributed by atoms with E-state index in [1.54, 1.807) is 0 Å². The molecule has 1 amide bonds. The van der Waals surface area contributed by atoms with Crippen molar-refractivity contribution in [2.24, 2.45) is 5.92 Å². The lowest BCUT2D eigenvalue weighted by Gasteiger charge is -2.47. The first kappa shape index (κ1) is 18.2. The molecule has 28 heavy (non-hydrogen) atoms. The molecule has 0 aliphatic heterocycles. The fourth-order valence-corrected chi connectivity index (χ4v) is 5.74. The number of hydrogen-bond acceptors (Lipinski definition) is 3.